The maximum Gasteiger partial charge on any atom is 0.256 e. The molecule has 0 aliphatic heterocycles. The molecule has 0 fully saturated rings. The normalized spacial score (nSPS) is 10.6. The van der Waals surface area contributed by atoms with Crippen molar-refractivity contribution in [3.8, 4) is 0 Å². The van der Waals surface area contributed by atoms with Crippen LogP contribution in [0.4, 0.5) is 0 Å². The van der Waals surface area contributed by atoms with Crippen molar-refractivity contribution in [1.29, 1.82) is 0 Å². The third-order valence-corrected chi connectivity index (χ3v) is 4.05. The van der Waals surface area contributed by atoms with Crippen LogP contribution in [0.3, 0.4) is 0 Å². The Morgan fingerprint density at radius 2 is 1.83 bits per heavy atom. The second-order valence-corrected chi connectivity index (χ2v) is 5.79. The number of nitrogens with one attached hydrogen (secondary N) is 1. The lowest BCUT2D eigenvalue weighted by atomic mass is 10.2. The van der Waals surface area contributed by atoms with Crippen LogP contribution in [-0.2, 0) is 13.1 Å². The molecule has 2 aromatic heterocycles. The van der Waals surface area contributed by atoms with E-state index in [2.05, 4.69) is 15.4 Å². The quantitative estimate of drug-likeness (QED) is 0.775. The summed E-state index contributed by atoms with van der Waals surface area (Å²) in [5, 5.41) is 7.62. The lowest BCUT2D eigenvalue weighted by Crippen LogP contribution is -2.23. The molecule has 6 heteroatoms. The molecule has 5 nitrogen and oxygen atoms in total. The molecule has 24 heavy (non-hydrogen) atoms. The van der Waals surface area contributed by atoms with Crippen molar-refractivity contribution in [2.24, 2.45) is 0 Å². The van der Waals surface area contributed by atoms with Gasteiger partial charge in [0.2, 0.25) is 0 Å². The molecule has 1 amide bonds. The Balaban J connectivity index is 1.74. The zero-order valence-corrected chi connectivity index (χ0v) is 14.0. The molecular weight excluding hydrogens is 324 g/mol. The van der Waals surface area contributed by atoms with Crippen LogP contribution in [0.5, 0.6) is 0 Å². The van der Waals surface area contributed by atoms with Crippen molar-refractivity contribution in [3.05, 3.63) is 82.4 Å². The SMILES string of the molecule is Cc1nn(Cc2ccccc2)c(Cl)c1C(=O)NCc1ccncc1. The molecule has 3 rings (SSSR count). The number of amides is 1. The second kappa shape index (κ2) is 7.27. The Labute approximate surface area is 145 Å². The number of hydrogen-bond donors (Lipinski definition) is 1. The molecule has 1 N–H and O–H groups in total. The van der Waals surface area contributed by atoms with Gasteiger partial charge in [-0.3, -0.25) is 9.78 Å². The topological polar surface area (TPSA) is 59.8 Å². The van der Waals surface area contributed by atoms with Crippen LogP contribution < -0.4 is 5.32 Å². The molecule has 0 radical (unpaired) electrons. The van der Waals surface area contributed by atoms with Gasteiger partial charge in [-0.2, -0.15) is 5.10 Å². The summed E-state index contributed by atoms with van der Waals surface area (Å²) in [6, 6.07) is 13.6. The van der Waals surface area contributed by atoms with E-state index in [0.29, 0.717) is 29.5 Å². The molecule has 1 aromatic carbocycles. The average Bonchev–Trinajstić information content (AvgIpc) is 2.88. The number of carbonyl (C=O) groups excluding carboxylic acids is 1. The van der Waals surface area contributed by atoms with Gasteiger partial charge in [0.1, 0.15) is 5.15 Å². The van der Waals surface area contributed by atoms with Crippen molar-refractivity contribution in [2.45, 2.75) is 20.0 Å². The summed E-state index contributed by atoms with van der Waals surface area (Å²) < 4.78 is 1.65. The van der Waals surface area contributed by atoms with Gasteiger partial charge in [0, 0.05) is 18.9 Å². The van der Waals surface area contributed by atoms with Gasteiger partial charge in [0.15, 0.2) is 0 Å². The van der Waals surface area contributed by atoms with Crippen LogP contribution in [0, 0.1) is 6.92 Å². The van der Waals surface area contributed by atoms with Gasteiger partial charge in [-0.1, -0.05) is 41.9 Å². The predicted octanol–water partition coefficient (Wildman–Crippen LogP) is 3.22. The number of pyridine rings is 1. The zero-order valence-electron chi connectivity index (χ0n) is 13.2. The molecule has 0 unspecified atom stereocenters. The summed E-state index contributed by atoms with van der Waals surface area (Å²) in [6.07, 6.45) is 3.38. The number of aryl methyl sites for hydroxylation is 1. The van der Waals surface area contributed by atoms with E-state index in [1.54, 1.807) is 24.0 Å². The van der Waals surface area contributed by atoms with E-state index in [9.17, 15) is 4.79 Å². The standard InChI is InChI=1S/C18H17ClN4O/c1-13-16(18(24)21-11-14-7-9-20-10-8-14)17(19)23(22-13)12-15-5-3-2-4-6-15/h2-10H,11-12H2,1H3,(H,21,24). The van der Waals surface area contributed by atoms with Crippen LogP contribution in [-0.4, -0.2) is 20.7 Å². The van der Waals surface area contributed by atoms with E-state index in [4.69, 9.17) is 11.6 Å². The van der Waals surface area contributed by atoms with Crippen LogP contribution >= 0.6 is 11.6 Å². The van der Waals surface area contributed by atoms with E-state index in [1.807, 2.05) is 42.5 Å². The molecule has 0 atom stereocenters. The molecule has 0 bridgehead atoms. The van der Waals surface area contributed by atoms with Gasteiger partial charge in [-0.25, -0.2) is 4.68 Å². The first-order valence-electron chi connectivity index (χ1n) is 7.59. The number of hydrogen-bond acceptors (Lipinski definition) is 3. The molecule has 122 valence electrons. The van der Waals surface area contributed by atoms with E-state index in [1.165, 1.54) is 0 Å². The van der Waals surface area contributed by atoms with Gasteiger partial charge in [0.05, 0.1) is 17.8 Å². The number of carbonyl (C=O) groups is 1. The van der Waals surface area contributed by atoms with Crippen LogP contribution in [0.1, 0.15) is 27.2 Å². The molecular formula is C18H17ClN4O. The smallest absolute Gasteiger partial charge is 0.256 e. The van der Waals surface area contributed by atoms with Crippen molar-refractivity contribution in [2.75, 3.05) is 0 Å². The number of benzene rings is 1. The first-order chi connectivity index (χ1) is 11.6. The number of aromatic nitrogens is 3. The molecule has 2 heterocycles. The monoisotopic (exact) mass is 340 g/mol. The maximum atomic E-state index is 12.5. The summed E-state index contributed by atoms with van der Waals surface area (Å²) in [6.45, 7) is 2.73. The van der Waals surface area contributed by atoms with Gasteiger partial charge in [0.25, 0.3) is 5.91 Å². The van der Waals surface area contributed by atoms with Crippen LogP contribution in [0.2, 0.25) is 5.15 Å². The van der Waals surface area contributed by atoms with E-state index in [0.717, 1.165) is 11.1 Å². The summed E-state index contributed by atoms with van der Waals surface area (Å²) >= 11 is 6.39. The summed E-state index contributed by atoms with van der Waals surface area (Å²) in [7, 11) is 0. The lowest BCUT2D eigenvalue weighted by molar-refractivity contribution is 0.0950. The van der Waals surface area contributed by atoms with Gasteiger partial charge in [-0.15, -0.1) is 0 Å². The fraction of sp³-hybridized carbons (Fsp3) is 0.167. The fourth-order valence-corrected chi connectivity index (χ4v) is 2.76. The van der Waals surface area contributed by atoms with Gasteiger partial charge >= 0.3 is 0 Å². The number of rotatable bonds is 5. The number of halogens is 1. The highest BCUT2D eigenvalue weighted by Gasteiger charge is 2.20. The molecule has 0 saturated heterocycles. The highest BCUT2D eigenvalue weighted by molar-refractivity contribution is 6.33. The third-order valence-electron chi connectivity index (χ3n) is 3.67. The third kappa shape index (κ3) is 3.63. The largest absolute Gasteiger partial charge is 0.348 e. The minimum Gasteiger partial charge on any atom is -0.348 e. The lowest BCUT2D eigenvalue weighted by Gasteiger charge is -2.06. The highest BCUT2D eigenvalue weighted by Crippen LogP contribution is 2.21. The van der Waals surface area contributed by atoms with Crippen molar-refractivity contribution in [3.63, 3.8) is 0 Å². The molecule has 0 spiro atoms. The fourth-order valence-electron chi connectivity index (χ4n) is 2.44. The van der Waals surface area contributed by atoms with Crippen molar-refractivity contribution < 1.29 is 4.79 Å². The Bertz CT molecular complexity index is 831. The predicted molar refractivity (Wildman–Crippen MR) is 92.9 cm³/mol. The molecule has 0 aliphatic carbocycles. The van der Waals surface area contributed by atoms with Gasteiger partial charge in [-0.05, 0) is 30.2 Å². The van der Waals surface area contributed by atoms with E-state index < -0.39 is 0 Å². The van der Waals surface area contributed by atoms with Crippen molar-refractivity contribution in [1.82, 2.24) is 20.1 Å². The molecule has 3 aromatic rings. The Kier molecular flexibility index (Phi) is 4.91. The van der Waals surface area contributed by atoms with Gasteiger partial charge < -0.3 is 5.32 Å². The first kappa shape index (κ1) is 16.2. The van der Waals surface area contributed by atoms with Crippen LogP contribution in [0.15, 0.2) is 54.9 Å². The first-order valence-corrected chi connectivity index (χ1v) is 7.97. The Morgan fingerprint density at radius 1 is 1.12 bits per heavy atom. The van der Waals surface area contributed by atoms with Crippen molar-refractivity contribution >= 4 is 17.5 Å². The molecule has 0 saturated carbocycles. The second-order valence-electron chi connectivity index (χ2n) is 5.43. The number of nitrogens with zero attached hydrogens (tertiary/aromatic N) is 3. The minimum absolute atomic E-state index is 0.228. The Hall–Kier alpha value is -2.66. The van der Waals surface area contributed by atoms with Crippen LogP contribution in [0.25, 0.3) is 0 Å². The zero-order chi connectivity index (χ0) is 16.9. The summed E-state index contributed by atoms with van der Waals surface area (Å²) in [4.78, 5) is 16.4. The van der Waals surface area contributed by atoms with E-state index in [-0.39, 0.29) is 5.91 Å². The average molecular weight is 341 g/mol. The Morgan fingerprint density at radius 3 is 2.54 bits per heavy atom. The maximum absolute atomic E-state index is 12.5. The summed E-state index contributed by atoms with van der Waals surface area (Å²) in [5.74, 6) is -0.228. The highest BCUT2D eigenvalue weighted by atomic mass is 35.5. The minimum atomic E-state index is -0.228. The van der Waals surface area contributed by atoms with E-state index >= 15 is 0 Å². The summed E-state index contributed by atoms with van der Waals surface area (Å²) in [5.41, 5.74) is 3.08. The molecule has 0 aliphatic rings.